The average Bonchev–Trinajstić information content (AvgIpc) is 2.19. The van der Waals surface area contributed by atoms with Crippen molar-refractivity contribution in [2.75, 3.05) is 0 Å². The van der Waals surface area contributed by atoms with Crippen LogP contribution < -0.4 is 0 Å². The van der Waals surface area contributed by atoms with Crippen LogP contribution in [0.25, 0.3) is 0 Å². The topological polar surface area (TPSA) is 40.9 Å². The Morgan fingerprint density at radius 1 is 1.36 bits per heavy atom. The van der Waals surface area contributed by atoms with Crippen molar-refractivity contribution in [1.29, 1.82) is 5.26 Å². The Bertz CT molecular complexity index is 445. The van der Waals surface area contributed by atoms with Gasteiger partial charge in [0, 0.05) is 12.0 Å². The number of carbonyl (C=O) groups is 1. The highest BCUT2D eigenvalue weighted by atomic mass is 19.1. The summed E-state index contributed by atoms with van der Waals surface area (Å²) in [5.41, 5.74) is 1.02. The number of ketones is 1. The molecule has 0 saturated heterocycles. The summed E-state index contributed by atoms with van der Waals surface area (Å²) in [6.07, 6.45) is 1.98. The van der Waals surface area contributed by atoms with E-state index in [0.29, 0.717) is 12.0 Å². The lowest BCUT2D eigenvalue weighted by atomic mass is 9.87. The van der Waals surface area contributed by atoms with Gasteiger partial charge in [-0.05, 0) is 24.5 Å². The third-order valence-corrected chi connectivity index (χ3v) is 2.48. The van der Waals surface area contributed by atoms with Crippen LogP contribution in [0.3, 0.4) is 0 Å². The van der Waals surface area contributed by atoms with Crippen molar-refractivity contribution in [3.63, 3.8) is 0 Å². The molecule has 0 radical (unpaired) electrons. The van der Waals surface area contributed by atoms with Crippen molar-refractivity contribution >= 4 is 5.78 Å². The fraction of sp³-hybridized carbons (Fsp3) is 0.273. The minimum absolute atomic E-state index is 0.0906. The summed E-state index contributed by atoms with van der Waals surface area (Å²) in [4.78, 5) is 11.5. The molecular weight excluding hydrogens is 181 g/mol. The zero-order valence-electron chi connectivity index (χ0n) is 7.51. The maximum absolute atomic E-state index is 13.2. The predicted octanol–water partition coefficient (Wildman–Crippen LogP) is 2.22. The van der Waals surface area contributed by atoms with Crippen molar-refractivity contribution in [1.82, 2.24) is 0 Å². The van der Waals surface area contributed by atoms with Crippen molar-refractivity contribution in [2.24, 2.45) is 0 Å². The van der Waals surface area contributed by atoms with Crippen molar-refractivity contribution in [3.05, 3.63) is 34.6 Å². The summed E-state index contributed by atoms with van der Waals surface area (Å²) in [7, 11) is 0. The second kappa shape index (κ2) is 3.22. The minimum atomic E-state index is -0.596. The molecule has 1 aromatic carbocycles. The maximum Gasteiger partial charge on any atom is 0.164 e. The van der Waals surface area contributed by atoms with Gasteiger partial charge in [-0.2, -0.15) is 5.26 Å². The zero-order chi connectivity index (χ0) is 10.1. The third-order valence-electron chi connectivity index (χ3n) is 2.48. The van der Waals surface area contributed by atoms with E-state index < -0.39 is 5.82 Å². The zero-order valence-corrected chi connectivity index (χ0v) is 7.51. The highest BCUT2D eigenvalue weighted by molar-refractivity contribution is 6.00. The van der Waals surface area contributed by atoms with Crippen LogP contribution in [-0.2, 0) is 6.42 Å². The highest BCUT2D eigenvalue weighted by Crippen LogP contribution is 2.25. The molecule has 0 N–H and O–H groups in total. The molecular formula is C11H8FNO. The van der Waals surface area contributed by atoms with Crippen molar-refractivity contribution in [2.45, 2.75) is 19.3 Å². The number of halogens is 1. The lowest BCUT2D eigenvalue weighted by molar-refractivity contribution is 0.0971. The summed E-state index contributed by atoms with van der Waals surface area (Å²) in [6.45, 7) is 0. The van der Waals surface area contributed by atoms with Crippen LogP contribution in [0.1, 0.15) is 34.3 Å². The van der Waals surface area contributed by atoms with E-state index in [4.69, 9.17) is 5.26 Å². The van der Waals surface area contributed by atoms with Crippen LogP contribution >= 0.6 is 0 Å². The van der Waals surface area contributed by atoms with E-state index in [1.807, 2.05) is 0 Å². The number of carbonyl (C=O) groups excluding carboxylic acids is 1. The summed E-state index contributed by atoms with van der Waals surface area (Å²) >= 11 is 0. The average molecular weight is 189 g/mol. The van der Waals surface area contributed by atoms with Gasteiger partial charge in [-0.15, -0.1) is 0 Å². The molecule has 0 fully saturated rings. The number of nitriles is 1. The standard InChI is InChI=1S/C11H8FNO/c12-9-5-4-7-2-1-3-10(14)11(7)8(9)6-13/h4-5H,1-3H2. The van der Waals surface area contributed by atoms with Crippen LogP contribution in [0.15, 0.2) is 12.1 Å². The molecule has 2 rings (SSSR count). The number of hydrogen-bond donors (Lipinski definition) is 0. The molecule has 0 saturated carbocycles. The summed E-state index contributed by atoms with van der Waals surface area (Å²) < 4.78 is 13.2. The number of benzene rings is 1. The van der Waals surface area contributed by atoms with Gasteiger partial charge in [0.25, 0.3) is 0 Å². The number of rotatable bonds is 0. The Morgan fingerprint density at radius 2 is 2.14 bits per heavy atom. The summed E-state index contributed by atoms with van der Waals surface area (Å²) in [5, 5.41) is 8.75. The lowest BCUT2D eigenvalue weighted by Crippen LogP contribution is -2.13. The molecule has 2 nitrogen and oxygen atoms in total. The van der Waals surface area contributed by atoms with Gasteiger partial charge in [-0.3, -0.25) is 4.79 Å². The molecule has 1 aliphatic rings. The van der Waals surface area contributed by atoms with Gasteiger partial charge in [0.05, 0.1) is 5.56 Å². The van der Waals surface area contributed by atoms with Gasteiger partial charge < -0.3 is 0 Å². The quantitative estimate of drug-likeness (QED) is 0.627. The van der Waals surface area contributed by atoms with E-state index in [1.54, 1.807) is 12.1 Å². The Balaban J connectivity index is 2.71. The lowest BCUT2D eigenvalue weighted by Gasteiger charge is -2.15. The normalized spacial score (nSPS) is 14.7. The van der Waals surface area contributed by atoms with E-state index >= 15 is 0 Å². The van der Waals surface area contributed by atoms with Gasteiger partial charge >= 0.3 is 0 Å². The van der Waals surface area contributed by atoms with E-state index in [9.17, 15) is 9.18 Å². The van der Waals surface area contributed by atoms with E-state index in [2.05, 4.69) is 0 Å². The van der Waals surface area contributed by atoms with Crippen molar-refractivity contribution in [3.8, 4) is 6.07 Å². The maximum atomic E-state index is 13.2. The predicted molar refractivity (Wildman–Crippen MR) is 48.4 cm³/mol. The first-order valence-electron chi connectivity index (χ1n) is 4.48. The molecule has 14 heavy (non-hydrogen) atoms. The van der Waals surface area contributed by atoms with Gasteiger partial charge in [0.1, 0.15) is 11.9 Å². The number of nitrogens with zero attached hydrogens (tertiary/aromatic N) is 1. The van der Waals surface area contributed by atoms with Crippen LogP contribution in [0.4, 0.5) is 4.39 Å². The van der Waals surface area contributed by atoms with Gasteiger partial charge in [0.2, 0.25) is 0 Å². The molecule has 0 bridgehead atoms. The van der Waals surface area contributed by atoms with Crippen molar-refractivity contribution < 1.29 is 9.18 Å². The minimum Gasteiger partial charge on any atom is -0.294 e. The first-order chi connectivity index (χ1) is 6.74. The van der Waals surface area contributed by atoms with E-state index in [1.165, 1.54) is 6.07 Å². The number of fused-ring (bicyclic) bond motifs is 1. The summed E-state index contributed by atoms with van der Waals surface area (Å²) in [6, 6.07) is 4.62. The summed E-state index contributed by atoms with van der Waals surface area (Å²) in [5.74, 6) is -0.705. The first kappa shape index (κ1) is 8.89. The Labute approximate surface area is 81.0 Å². The molecule has 0 amide bonds. The molecule has 0 aliphatic heterocycles. The smallest absolute Gasteiger partial charge is 0.164 e. The molecule has 1 aromatic rings. The SMILES string of the molecule is N#Cc1c(F)ccc2c1C(=O)CCC2. The monoisotopic (exact) mass is 189 g/mol. The fourth-order valence-electron chi connectivity index (χ4n) is 1.82. The molecule has 0 unspecified atom stereocenters. The number of aryl methyl sites for hydroxylation is 1. The Kier molecular flexibility index (Phi) is 2.05. The van der Waals surface area contributed by atoms with Crippen LogP contribution in [0, 0.1) is 17.1 Å². The van der Waals surface area contributed by atoms with Gasteiger partial charge in [-0.25, -0.2) is 4.39 Å². The van der Waals surface area contributed by atoms with Crippen LogP contribution in [-0.4, -0.2) is 5.78 Å². The Morgan fingerprint density at radius 3 is 2.86 bits per heavy atom. The van der Waals surface area contributed by atoms with E-state index in [0.717, 1.165) is 18.4 Å². The fourth-order valence-corrected chi connectivity index (χ4v) is 1.82. The second-order valence-corrected chi connectivity index (χ2v) is 3.35. The number of Topliss-reactive ketones (excluding diaryl/α,β-unsaturated/α-hetero) is 1. The molecule has 0 heterocycles. The number of hydrogen-bond acceptors (Lipinski definition) is 2. The van der Waals surface area contributed by atoms with Crippen LogP contribution in [0.2, 0.25) is 0 Å². The highest BCUT2D eigenvalue weighted by Gasteiger charge is 2.22. The molecule has 70 valence electrons. The first-order valence-corrected chi connectivity index (χ1v) is 4.48. The molecule has 1 aliphatic carbocycles. The second-order valence-electron chi connectivity index (χ2n) is 3.35. The van der Waals surface area contributed by atoms with Gasteiger partial charge in [0.15, 0.2) is 5.78 Å². The van der Waals surface area contributed by atoms with Crippen LogP contribution in [0.5, 0.6) is 0 Å². The van der Waals surface area contributed by atoms with Gasteiger partial charge in [-0.1, -0.05) is 6.07 Å². The third kappa shape index (κ3) is 1.20. The molecule has 0 spiro atoms. The molecule has 0 atom stereocenters. The molecule has 0 aromatic heterocycles. The molecule has 3 heteroatoms. The van der Waals surface area contributed by atoms with E-state index in [-0.39, 0.29) is 11.3 Å². The largest absolute Gasteiger partial charge is 0.294 e. The Hall–Kier alpha value is -1.69.